The topological polar surface area (TPSA) is 28.4 Å². The maximum atomic E-state index is 5.44. The standard InChI is InChI=1S/C14H24N2O/c1-3-16(13-6-4-8-15-11-13)12(2)10-14-7-5-9-17-14/h5,7,9,12-13,15H,3-4,6,8,10-11H2,1-2H3. The van der Waals surface area contributed by atoms with Gasteiger partial charge in [-0.2, -0.15) is 0 Å². The van der Waals surface area contributed by atoms with Crippen LogP contribution in [0.5, 0.6) is 0 Å². The van der Waals surface area contributed by atoms with Gasteiger partial charge in [-0.3, -0.25) is 4.90 Å². The lowest BCUT2D eigenvalue weighted by atomic mass is 10.0. The Morgan fingerprint density at radius 1 is 1.59 bits per heavy atom. The fourth-order valence-electron chi connectivity index (χ4n) is 2.88. The van der Waals surface area contributed by atoms with Gasteiger partial charge in [0.25, 0.3) is 0 Å². The van der Waals surface area contributed by atoms with Crippen LogP contribution >= 0.6 is 0 Å². The van der Waals surface area contributed by atoms with Gasteiger partial charge in [0.15, 0.2) is 0 Å². The van der Waals surface area contributed by atoms with Crippen LogP contribution in [-0.4, -0.2) is 36.6 Å². The molecule has 1 N–H and O–H groups in total. The van der Waals surface area contributed by atoms with Gasteiger partial charge in [0.2, 0.25) is 0 Å². The van der Waals surface area contributed by atoms with Crippen molar-refractivity contribution in [3.63, 3.8) is 0 Å². The van der Waals surface area contributed by atoms with Gasteiger partial charge in [-0.1, -0.05) is 6.92 Å². The van der Waals surface area contributed by atoms with Crippen molar-refractivity contribution >= 4 is 0 Å². The minimum absolute atomic E-state index is 0.552. The maximum absolute atomic E-state index is 5.44. The zero-order valence-electron chi connectivity index (χ0n) is 11.0. The molecular formula is C14H24N2O. The van der Waals surface area contributed by atoms with Crippen LogP contribution in [0.15, 0.2) is 22.8 Å². The molecule has 3 nitrogen and oxygen atoms in total. The van der Waals surface area contributed by atoms with Gasteiger partial charge in [-0.25, -0.2) is 0 Å². The number of piperidine rings is 1. The number of likely N-dealkylation sites (N-methyl/N-ethyl adjacent to an activating group) is 1. The Hall–Kier alpha value is -0.800. The van der Waals surface area contributed by atoms with Crippen LogP contribution < -0.4 is 5.32 Å². The third-order valence-corrected chi connectivity index (χ3v) is 3.75. The van der Waals surface area contributed by atoms with Gasteiger partial charge in [0.1, 0.15) is 5.76 Å². The first-order valence-corrected chi connectivity index (χ1v) is 6.80. The molecule has 96 valence electrons. The average molecular weight is 236 g/mol. The summed E-state index contributed by atoms with van der Waals surface area (Å²) in [4.78, 5) is 2.61. The number of nitrogens with one attached hydrogen (secondary N) is 1. The molecule has 0 aliphatic carbocycles. The number of furan rings is 1. The van der Waals surface area contributed by atoms with Crippen LogP contribution in [0.1, 0.15) is 32.4 Å². The van der Waals surface area contributed by atoms with E-state index in [1.165, 1.54) is 19.4 Å². The van der Waals surface area contributed by atoms with Gasteiger partial charge < -0.3 is 9.73 Å². The molecule has 0 spiro atoms. The molecule has 1 aromatic heterocycles. The molecule has 1 saturated heterocycles. The van der Waals surface area contributed by atoms with E-state index in [-0.39, 0.29) is 0 Å². The van der Waals surface area contributed by atoms with Crippen LogP contribution in [0.3, 0.4) is 0 Å². The fourth-order valence-corrected chi connectivity index (χ4v) is 2.88. The second-order valence-electron chi connectivity index (χ2n) is 4.96. The van der Waals surface area contributed by atoms with Crippen molar-refractivity contribution in [2.45, 2.75) is 45.2 Å². The average Bonchev–Trinajstić information content (AvgIpc) is 2.84. The fraction of sp³-hybridized carbons (Fsp3) is 0.714. The molecule has 3 heteroatoms. The third kappa shape index (κ3) is 3.33. The molecule has 2 heterocycles. The van der Waals surface area contributed by atoms with E-state index in [2.05, 4.69) is 30.1 Å². The summed E-state index contributed by atoms with van der Waals surface area (Å²) >= 11 is 0. The molecule has 17 heavy (non-hydrogen) atoms. The first-order valence-electron chi connectivity index (χ1n) is 6.80. The van der Waals surface area contributed by atoms with E-state index in [4.69, 9.17) is 4.42 Å². The Morgan fingerprint density at radius 3 is 3.06 bits per heavy atom. The largest absolute Gasteiger partial charge is 0.469 e. The molecule has 0 amide bonds. The van der Waals surface area contributed by atoms with Crippen molar-refractivity contribution in [2.24, 2.45) is 0 Å². The Balaban J connectivity index is 1.92. The molecule has 0 bridgehead atoms. The lowest BCUT2D eigenvalue weighted by molar-refractivity contribution is 0.124. The van der Waals surface area contributed by atoms with Crippen molar-refractivity contribution in [2.75, 3.05) is 19.6 Å². The Kier molecular flexibility index (Phi) is 4.63. The molecule has 0 radical (unpaired) electrons. The van der Waals surface area contributed by atoms with E-state index >= 15 is 0 Å². The van der Waals surface area contributed by atoms with Crippen LogP contribution in [0.25, 0.3) is 0 Å². The Bertz CT molecular complexity index is 304. The van der Waals surface area contributed by atoms with Crippen LogP contribution in [0.2, 0.25) is 0 Å². The van der Waals surface area contributed by atoms with Crippen molar-refractivity contribution in [1.29, 1.82) is 0 Å². The summed E-state index contributed by atoms with van der Waals surface area (Å²) in [5.41, 5.74) is 0. The van der Waals surface area contributed by atoms with Gasteiger partial charge in [0.05, 0.1) is 6.26 Å². The van der Waals surface area contributed by atoms with E-state index in [1.807, 2.05) is 6.07 Å². The summed E-state index contributed by atoms with van der Waals surface area (Å²) in [6, 6.07) is 5.29. The minimum atomic E-state index is 0.552. The van der Waals surface area contributed by atoms with Gasteiger partial charge in [-0.15, -0.1) is 0 Å². The second kappa shape index (κ2) is 6.22. The minimum Gasteiger partial charge on any atom is -0.469 e. The normalized spacial score (nSPS) is 22.9. The Morgan fingerprint density at radius 2 is 2.47 bits per heavy atom. The van der Waals surface area contributed by atoms with E-state index in [9.17, 15) is 0 Å². The van der Waals surface area contributed by atoms with Crippen molar-refractivity contribution < 1.29 is 4.42 Å². The number of hydrogen-bond donors (Lipinski definition) is 1. The SMILES string of the molecule is CCN(C(C)Cc1ccco1)C1CCCNC1. The highest BCUT2D eigenvalue weighted by Gasteiger charge is 2.24. The highest BCUT2D eigenvalue weighted by Crippen LogP contribution is 2.16. The van der Waals surface area contributed by atoms with Gasteiger partial charge >= 0.3 is 0 Å². The molecule has 0 aromatic carbocycles. The monoisotopic (exact) mass is 236 g/mol. The number of hydrogen-bond acceptors (Lipinski definition) is 3. The highest BCUT2D eigenvalue weighted by molar-refractivity contribution is 5.00. The molecule has 1 aromatic rings. The molecule has 1 aliphatic rings. The van der Waals surface area contributed by atoms with Crippen molar-refractivity contribution in [3.05, 3.63) is 24.2 Å². The number of nitrogens with zero attached hydrogens (tertiary/aromatic N) is 1. The first-order chi connectivity index (χ1) is 8.31. The molecule has 0 saturated carbocycles. The Labute approximate surface area is 104 Å². The molecule has 2 atom stereocenters. The lowest BCUT2D eigenvalue weighted by Gasteiger charge is -2.37. The lowest BCUT2D eigenvalue weighted by Crippen LogP contribution is -2.50. The predicted molar refractivity (Wildman–Crippen MR) is 70.1 cm³/mol. The summed E-state index contributed by atoms with van der Waals surface area (Å²) in [6.45, 7) is 8.00. The van der Waals surface area contributed by atoms with E-state index in [1.54, 1.807) is 6.26 Å². The summed E-state index contributed by atoms with van der Waals surface area (Å²) in [7, 11) is 0. The van der Waals surface area contributed by atoms with E-state index < -0.39 is 0 Å². The molecule has 1 fully saturated rings. The predicted octanol–water partition coefficient (Wildman–Crippen LogP) is 2.28. The molecule has 2 rings (SSSR count). The van der Waals surface area contributed by atoms with Crippen LogP contribution in [0, 0.1) is 0 Å². The smallest absolute Gasteiger partial charge is 0.105 e. The zero-order valence-corrected chi connectivity index (χ0v) is 11.0. The van der Waals surface area contributed by atoms with Gasteiger partial charge in [-0.05, 0) is 45.0 Å². The van der Waals surface area contributed by atoms with Crippen LogP contribution in [-0.2, 0) is 6.42 Å². The van der Waals surface area contributed by atoms with E-state index in [0.717, 1.165) is 25.3 Å². The summed E-state index contributed by atoms with van der Waals surface area (Å²) in [6.07, 6.45) is 5.40. The molecule has 1 aliphatic heterocycles. The summed E-state index contributed by atoms with van der Waals surface area (Å²) in [5.74, 6) is 1.10. The summed E-state index contributed by atoms with van der Waals surface area (Å²) in [5, 5.41) is 3.50. The summed E-state index contributed by atoms with van der Waals surface area (Å²) < 4.78 is 5.44. The van der Waals surface area contributed by atoms with Crippen molar-refractivity contribution in [3.8, 4) is 0 Å². The first kappa shape index (κ1) is 12.7. The van der Waals surface area contributed by atoms with Crippen LogP contribution in [0.4, 0.5) is 0 Å². The second-order valence-corrected chi connectivity index (χ2v) is 4.96. The molecule has 2 unspecified atom stereocenters. The quantitative estimate of drug-likeness (QED) is 0.850. The van der Waals surface area contributed by atoms with E-state index in [0.29, 0.717) is 12.1 Å². The van der Waals surface area contributed by atoms with Gasteiger partial charge in [0, 0.05) is 25.0 Å². The number of rotatable bonds is 5. The zero-order chi connectivity index (χ0) is 12.1. The van der Waals surface area contributed by atoms with Crippen molar-refractivity contribution in [1.82, 2.24) is 10.2 Å². The maximum Gasteiger partial charge on any atom is 0.105 e. The highest BCUT2D eigenvalue weighted by atomic mass is 16.3. The third-order valence-electron chi connectivity index (χ3n) is 3.75. The molecular weight excluding hydrogens is 212 g/mol.